The number of rotatable bonds is 6. The quantitative estimate of drug-likeness (QED) is 0.851. The molecule has 0 spiro atoms. The summed E-state index contributed by atoms with van der Waals surface area (Å²) in [5.41, 5.74) is 0.384. The Morgan fingerprint density at radius 2 is 1.88 bits per heavy atom. The van der Waals surface area contributed by atoms with Crippen molar-refractivity contribution >= 4 is 15.9 Å². The van der Waals surface area contributed by atoms with Gasteiger partial charge in [-0.2, -0.15) is 0 Å². The molecule has 0 saturated carbocycles. The smallest absolute Gasteiger partial charge is 0.253 e. The summed E-state index contributed by atoms with van der Waals surface area (Å²) >= 11 is 0. The highest BCUT2D eigenvalue weighted by atomic mass is 32.2. The van der Waals surface area contributed by atoms with Crippen LogP contribution in [0.25, 0.3) is 0 Å². The van der Waals surface area contributed by atoms with Gasteiger partial charge in [-0.1, -0.05) is 19.8 Å². The van der Waals surface area contributed by atoms with Crippen molar-refractivity contribution in [2.24, 2.45) is 0 Å². The van der Waals surface area contributed by atoms with Crippen LogP contribution in [0.15, 0.2) is 23.1 Å². The first kappa shape index (κ1) is 18.7. The van der Waals surface area contributed by atoms with Crippen molar-refractivity contribution in [1.82, 2.24) is 9.62 Å². The van der Waals surface area contributed by atoms with Crippen molar-refractivity contribution in [3.05, 3.63) is 23.8 Å². The first-order chi connectivity index (χ1) is 11.5. The summed E-state index contributed by atoms with van der Waals surface area (Å²) in [6, 6.07) is 4.60. The van der Waals surface area contributed by atoms with Gasteiger partial charge in [-0.15, -0.1) is 0 Å². The highest BCUT2D eigenvalue weighted by Crippen LogP contribution is 2.26. The van der Waals surface area contributed by atoms with Gasteiger partial charge in [0.15, 0.2) is 0 Å². The molecule has 1 heterocycles. The largest absolute Gasteiger partial charge is 0.495 e. The number of likely N-dealkylation sites (tertiary alicyclic amines) is 1. The molecule has 7 heteroatoms. The summed E-state index contributed by atoms with van der Waals surface area (Å²) in [7, 11) is -2.28. The number of amides is 1. The fraction of sp³-hybridized carbons (Fsp3) is 0.588. The number of hydrogen-bond donors (Lipinski definition) is 1. The average Bonchev–Trinajstić information content (AvgIpc) is 2.88. The van der Waals surface area contributed by atoms with Crippen LogP contribution in [0.2, 0.25) is 0 Å². The zero-order valence-electron chi connectivity index (χ0n) is 14.4. The zero-order chi connectivity index (χ0) is 17.6. The van der Waals surface area contributed by atoms with Gasteiger partial charge in [0.25, 0.3) is 5.91 Å². The minimum atomic E-state index is -3.70. The Morgan fingerprint density at radius 3 is 2.46 bits per heavy atom. The second-order valence-corrected chi connectivity index (χ2v) is 7.71. The Kier molecular flexibility index (Phi) is 6.62. The molecule has 0 aliphatic carbocycles. The van der Waals surface area contributed by atoms with Gasteiger partial charge in [-0.25, -0.2) is 13.1 Å². The Hall–Kier alpha value is -1.60. The van der Waals surface area contributed by atoms with Gasteiger partial charge in [0.2, 0.25) is 10.0 Å². The lowest BCUT2D eigenvalue weighted by atomic mass is 10.2. The van der Waals surface area contributed by atoms with E-state index in [9.17, 15) is 13.2 Å². The molecule has 6 nitrogen and oxygen atoms in total. The number of nitrogens with one attached hydrogen (secondary N) is 1. The van der Waals surface area contributed by atoms with Crippen LogP contribution < -0.4 is 9.46 Å². The number of hydrogen-bond acceptors (Lipinski definition) is 4. The van der Waals surface area contributed by atoms with Gasteiger partial charge < -0.3 is 9.64 Å². The lowest BCUT2D eigenvalue weighted by Gasteiger charge is -2.21. The van der Waals surface area contributed by atoms with E-state index in [1.165, 1.54) is 13.2 Å². The van der Waals surface area contributed by atoms with E-state index >= 15 is 0 Å². The van der Waals surface area contributed by atoms with E-state index in [0.717, 1.165) is 38.8 Å². The number of carbonyl (C=O) groups excluding carboxylic acids is 1. The predicted octanol–water partition coefficient (Wildman–Crippen LogP) is 2.40. The number of benzene rings is 1. The molecule has 24 heavy (non-hydrogen) atoms. The van der Waals surface area contributed by atoms with Crippen LogP contribution in [-0.2, 0) is 10.0 Å². The normalized spacial score (nSPS) is 15.8. The Bertz CT molecular complexity index is 665. The molecule has 0 bridgehead atoms. The highest BCUT2D eigenvalue weighted by Gasteiger charge is 2.23. The van der Waals surface area contributed by atoms with Crippen LogP contribution in [0.3, 0.4) is 0 Å². The molecular formula is C17H26N2O4S. The summed E-state index contributed by atoms with van der Waals surface area (Å²) in [6.07, 6.45) is 4.93. The molecule has 2 rings (SSSR count). The third-order valence-electron chi connectivity index (χ3n) is 4.14. The van der Waals surface area contributed by atoms with Crippen LogP contribution in [0.5, 0.6) is 5.75 Å². The number of sulfonamides is 1. The molecule has 0 atom stereocenters. The standard InChI is InChI=1S/C17H26N2O4S/c1-3-10-18-24(21,22)16-13-14(8-9-15(16)23-2)17(20)19-11-6-4-5-7-12-19/h8-9,13,18H,3-7,10-12H2,1-2H3. The van der Waals surface area contributed by atoms with E-state index < -0.39 is 10.0 Å². The van der Waals surface area contributed by atoms with Crippen molar-refractivity contribution in [2.45, 2.75) is 43.9 Å². The lowest BCUT2D eigenvalue weighted by Crippen LogP contribution is -2.32. The molecule has 1 aliphatic heterocycles. The van der Waals surface area contributed by atoms with Crippen LogP contribution in [0.1, 0.15) is 49.4 Å². The summed E-state index contributed by atoms with van der Waals surface area (Å²) < 4.78 is 32.6. The summed E-state index contributed by atoms with van der Waals surface area (Å²) in [5.74, 6) is 0.123. The second-order valence-electron chi connectivity index (χ2n) is 5.97. The summed E-state index contributed by atoms with van der Waals surface area (Å²) in [5, 5.41) is 0. The number of methoxy groups -OCH3 is 1. The first-order valence-corrected chi connectivity index (χ1v) is 9.95. The zero-order valence-corrected chi connectivity index (χ0v) is 15.2. The molecule has 1 fully saturated rings. The second kappa shape index (κ2) is 8.48. The lowest BCUT2D eigenvalue weighted by molar-refractivity contribution is 0.0761. The number of carbonyl (C=O) groups is 1. The molecule has 0 aromatic heterocycles. The van der Waals surface area contributed by atoms with Crippen LogP contribution >= 0.6 is 0 Å². The molecule has 1 aliphatic rings. The van der Waals surface area contributed by atoms with Crippen molar-refractivity contribution in [2.75, 3.05) is 26.7 Å². The minimum Gasteiger partial charge on any atom is -0.495 e. The monoisotopic (exact) mass is 354 g/mol. The van der Waals surface area contributed by atoms with Gasteiger partial charge in [0.1, 0.15) is 10.6 Å². The summed E-state index contributed by atoms with van der Waals surface area (Å²) in [4.78, 5) is 14.5. The number of nitrogens with zero attached hydrogens (tertiary/aromatic N) is 1. The van der Waals surface area contributed by atoms with E-state index in [4.69, 9.17) is 4.74 Å². The topological polar surface area (TPSA) is 75.7 Å². The fourth-order valence-electron chi connectivity index (χ4n) is 2.79. The van der Waals surface area contributed by atoms with Crippen molar-refractivity contribution in [1.29, 1.82) is 0 Å². The van der Waals surface area contributed by atoms with Crippen LogP contribution in [0, 0.1) is 0 Å². The van der Waals surface area contributed by atoms with E-state index in [1.807, 2.05) is 11.8 Å². The van der Waals surface area contributed by atoms with E-state index in [2.05, 4.69) is 4.72 Å². The molecule has 1 N–H and O–H groups in total. The van der Waals surface area contributed by atoms with Crippen molar-refractivity contribution < 1.29 is 17.9 Å². The average molecular weight is 354 g/mol. The maximum atomic E-state index is 12.7. The van der Waals surface area contributed by atoms with E-state index in [0.29, 0.717) is 18.5 Å². The fourth-order valence-corrected chi connectivity index (χ4v) is 4.12. The van der Waals surface area contributed by atoms with Crippen molar-refractivity contribution in [3.8, 4) is 5.75 Å². The molecular weight excluding hydrogens is 328 g/mol. The predicted molar refractivity (Wildman–Crippen MR) is 92.8 cm³/mol. The minimum absolute atomic E-state index is 0.0131. The van der Waals surface area contributed by atoms with Crippen LogP contribution in [0.4, 0.5) is 0 Å². The molecule has 134 valence electrons. The molecule has 1 aromatic rings. The summed E-state index contributed by atoms with van der Waals surface area (Å²) in [6.45, 7) is 3.68. The van der Waals surface area contributed by atoms with Gasteiger partial charge in [-0.3, -0.25) is 4.79 Å². The Morgan fingerprint density at radius 1 is 1.21 bits per heavy atom. The molecule has 0 unspecified atom stereocenters. The molecule has 1 amide bonds. The molecule has 1 aromatic carbocycles. The van der Waals surface area contributed by atoms with Gasteiger partial charge in [0, 0.05) is 25.2 Å². The third-order valence-corrected chi connectivity index (χ3v) is 5.62. The molecule has 0 radical (unpaired) electrons. The molecule has 1 saturated heterocycles. The highest BCUT2D eigenvalue weighted by molar-refractivity contribution is 7.89. The first-order valence-electron chi connectivity index (χ1n) is 8.46. The SMILES string of the molecule is CCCNS(=O)(=O)c1cc(C(=O)N2CCCCCC2)ccc1OC. The van der Waals surface area contributed by atoms with Gasteiger partial charge in [-0.05, 0) is 37.5 Å². The van der Waals surface area contributed by atoms with Crippen molar-refractivity contribution in [3.63, 3.8) is 0 Å². The maximum Gasteiger partial charge on any atom is 0.253 e. The maximum absolute atomic E-state index is 12.7. The van der Waals surface area contributed by atoms with Crippen LogP contribution in [-0.4, -0.2) is 46.0 Å². The van der Waals surface area contributed by atoms with E-state index in [-0.39, 0.29) is 16.6 Å². The number of ether oxygens (including phenoxy) is 1. The Labute approximate surface area is 144 Å². The van der Waals surface area contributed by atoms with Gasteiger partial charge in [0.05, 0.1) is 7.11 Å². The van der Waals surface area contributed by atoms with E-state index in [1.54, 1.807) is 12.1 Å². The van der Waals surface area contributed by atoms with Gasteiger partial charge >= 0.3 is 0 Å². The third kappa shape index (κ3) is 4.48. The Balaban J connectivity index is 2.32.